The number of aromatic nitrogens is 2. The maximum Gasteiger partial charge on any atom is 0.410 e. The van der Waals surface area contributed by atoms with Crippen LogP contribution in [0, 0.1) is 5.92 Å². The third kappa shape index (κ3) is 3.79. The average Bonchev–Trinajstić information content (AvgIpc) is 3.53. The van der Waals surface area contributed by atoms with Crippen molar-refractivity contribution in [3.63, 3.8) is 0 Å². The highest BCUT2D eigenvalue weighted by Crippen LogP contribution is 2.45. The lowest BCUT2D eigenvalue weighted by atomic mass is 9.85. The summed E-state index contributed by atoms with van der Waals surface area (Å²) in [5.41, 5.74) is 4.16. The minimum atomic E-state index is -0.620. The van der Waals surface area contributed by atoms with E-state index in [2.05, 4.69) is 11.1 Å². The fourth-order valence-electron chi connectivity index (χ4n) is 4.58. The van der Waals surface area contributed by atoms with Crippen molar-refractivity contribution in [2.75, 3.05) is 13.1 Å². The Morgan fingerprint density at radius 3 is 2.83 bits per heavy atom. The maximum atomic E-state index is 12.6. The number of ether oxygens (including phenoxy) is 1. The zero-order valence-electron chi connectivity index (χ0n) is 17.0. The van der Waals surface area contributed by atoms with Crippen LogP contribution in [0.15, 0.2) is 55.1 Å². The van der Waals surface area contributed by atoms with Crippen LogP contribution in [0.1, 0.15) is 54.4 Å². The van der Waals surface area contributed by atoms with Crippen molar-refractivity contribution in [1.29, 1.82) is 0 Å². The predicted octanol–water partition coefficient (Wildman–Crippen LogP) is 4.29. The number of aliphatic hydroxyl groups excluding tert-OH is 1. The Morgan fingerprint density at radius 1 is 1.20 bits per heavy atom. The summed E-state index contributed by atoms with van der Waals surface area (Å²) in [6.07, 6.45) is 8.81. The first-order chi connectivity index (χ1) is 14.7. The molecular weight excluding hydrogens is 378 g/mol. The van der Waals surface area contributed by atoms with Crippen molar-refractivity contribution < 1.29 is 14.6 Å². The number of imidazole rings is 1. The number of fused-ring (bicyclic) bond motifs is 1. The smallest absolute Gasteiger partial charge is 0.410 e. The molecule has 6 nitrogen and oxygen atoms in total. The third-order valence-electron chi connectivity index (χ3n) is 6.35. The number of carbonyl (C=O) groups excluding carboxylic acids is 1. The summed E-state index contributed by atoms with van der Waals surface area (Å²) in [6.45, 7) is 1.45. The van der Waals surface area contributed by atoms with Gasteiger partial charge in [-0.15, -0.1) is 0 Å². The SMILES string of the molecule is O=C(OCc1ccccc1)N1CCCC(C(O)c2c(C3CC3)ccn3cncc23)C1. The Labute approximate surface area is 176 Å². The molecule has 1 aliphatic carbocycles. The minimum absolute atomic E-state index is 0.0124. The first-order valence-corrected chi connectivity index (χ1v) is 10.8. The summed E-state index contributed by atoms with van der Waals surface area (Å²) >= 11 is 0. The molecule has 2 aliphatic rings. The standard InChI is InChI=1S/C24H27N3O3/c28-23(22-20(18-8-9-18)10-12-27-16-25-13-21(22)27)19-7-4-11-26(14-19)24(29)30-15-17-5-2-1-3-6-17/h1-3,5-6,10,12-13,16,18-19,23,28H,4,7-9,11,14-15H2. The molecule has 6 heteroatoms. The van der Waals surface area contributed by atoms with E-state index >= 15 is 0 Å². The quantitative estimate of drug-likeness (QED) is 0.687. The zero-order valence-corrected chi connectivity index (χ0v) is 17.0. The normalized spacial score (nSPS) is 20.3. The Kier molecular flexibility index (Phi) is 5.17. The van der Waals surface area contributed by atoms with Crippen molar-refractivity contribution in [2.45, 2.75) is 44.3 Å². The molecule has 2 unspecified atom stereocenters. The summed E-state index contributed by atoms with van der Waals surface area (Å²) in [5, 5.41) is 11.4. The van der Waals surface area contributed by atoms with Gasteiger partial charge >= 0.3 is 6.09 Å². The molecule has 2 fully saturated rings. The van der Waals surface area contributed by atoms with Gasteiger partial charge in [0.2, 0.25) is 0 Å². The van der Waals surface area contributed by atoms with Gasteiger partial charge in [0.05, 0.1) is 24.1 Å². The van der Waals surface area contributed by atoms with Crippen LogP contribution in [-0.2, 0) is 11.3 Å². The summed E-state index contributed by atoms with van der Waals surface area (Å²) < 4.78 is 7.49. The van der Waals surface area contributed by atoms with E-state index in [0.717, 1.165) is 29.5 Å². The van der Waals surface area contributed by atoms with Gasteiger partial charge in [0, 0.05) is 30.8 Å². The Bertz CT molecular complexity index is 1030. The monoisotopic (exact) mass is 405 g/mol. The summed E-state index contributed by atoms with van der Waals surface area (Å²) in [6, 6.07) is 11.8. The highest BCUT2D eigenvalue weighted by molar-refractivity contribution is 5.68. The number of nitrogens with zero attached hydrogens (tertiary/aromatic N) is 3. The van der Waals surface area contributed by atoms with Gasteiger partial charge in [-0.3, -0.25) is 0 Å². The molecule has 1 aromatic carbocycles. The Balaban J connectivity index is 1.31. The second kappa shape index (κ2) is 8.11. The second-order valence-corrected chi connectivity index (χ2v) is 8.48. The molecule has 5 rings (SSSR count). The number of aliphatic hydroxyl groups is 1. The summed E-state index contributed by atoms with van der Waals surface area (Å²) in [7, 11) is 0. The van der Waals surface area contributed by atoms with E-state index in [4.69, 9.17) is 4.74 Å². The van der Waals surface area contributed by atoms with E-state index in [-0.39, 0.29) is 18.6 Å². The van der Waals surface area contributed by atoms with E-state index in [1.165, 1.54) is 18.4 Å². The molecule has 1 amide bonds. The van der Waals surface area contributed by atoms with Crippen molar-refractivity contribution in [2.24, 2.45) is 5.92 Å². The average molecular weight is 405 g/mol. The summed E-state index contributed by atoms with van der Waals surface area (Å²) in [4.78, 5) is 18.7. The molecule has 3 heterocycles. The molecule has 156 valence electrons. The number of piperidine rings is 1. The molecule has 1 aliphatic heterocycles. The maximum absolute atomic E-state index is 12.6. The number of hydrogen-bond acceptors (Lipinski definition) is 4. The van der Waals surface area contributed by atoms with E-state index in [1.807, 2.05) is 47.1 Å². The molecule has 2 aromatic heterocycles. The van der Waals surface area contributed by atoms with E-state index < -0.39 is 6.10 Å². The van der Waals surface area contributed by atoms with Gasteiger partial charge < -0.3 is 19.1 Å². The molecule has 1 N–H and O–H groups in total. The van der Waals surface area contributed by atoms with Crippen LogP contribution in [0.3, 0.4) is 0 Å². The van der Waals surface area contributed by atoms with Gasteiger partial charge in [-0.2, -0.15) is 0 Å². The van der Waals surface area contributed by atoms with Crippen LogP contribution < -0.4 is 0 Å². The van der Waals surface area contributed by atoms with Gasteiger partial charge in [-0.1, -0.05) is 30.3 Å². The molecule has 30 heavy (non-hydrogen) atoms. The van der Waals surface area contributed by atoms with Crippen LogP contribution in [-0.4, -0.2) is 38.6 Å². The molecule has 1 saturated heterocycles. The number of hydrogen-bond donors (Lipinski definition) is 1. The number of rotatable bonds is 5. The van der Waals surface area contributed by atoms with E-state index in [1.54, 1.807) is 11.2 Å². The highest BCUT2D eigenvalue weighted by atomic mass is 16.6. The molecule has 0 radical (unpaired) electrons. The number of likely N-dealkylation sites (tertiary alicyclic amines) is 1. The lowest BCUT2D eigenvalue weighted by Crippen LogP contribution is -2.42. The Hall–Kier alpha value is -2.86. The fourth-order valence-corrected chi connectivity index (χ4v) is 4.58. The molecule has 3 aromatic rings. The van der Waals surface area contributed by atoms with Crippen LogP contribution >= 0.6 is 0 Å². The topological polar surface area (TPSA) is 67.1 Å². The molecule has 0 spiro atoms. The number of benzene rings is 1. The van der Waals surface area contributed by atoms with Gasteiger partial charge in [0.25, 0.3) is 0 Å². The van der Waals surface area contributed by atoms with Crippen LogP contribution in [0.25, 0.3) is 5.52 Å². The van der Waals surface area contributed by atoms with Crippen molar-refractivity contribution >= 4 is 11.6 Å². The summed E-state index contributed by atoms with van der Waals surface area (Å²) in [5.74, 6) is 0.520. The highest BCUT2D eigenvalue weighted by Gasteiger charge is 2.35. The molecule has 2 atom stereocenters. The van der Waals surface area contributed by atoms with Crippen LogP contribution in [0.4, 0.5) is 4.79 Å². The Morgan fingerprint density at radius 2 is 2.03 bits per heavy atom. The number of pyridine rings is 1. The third-order valence-corrected chi connectivity index (χ3v) is 6.35. The van der Waals surface area contributed by atoms with E-state index in [0.29, 0.717) is 19.0 Å². The van der Waals surface area contributed by atoms with Crippen molar-refractivity contribution in [3.05, 3.63) is 71.8 Å². The predicted molar refractivity (Wildman–Crippen MR) is 113 cm³/mol. The van der Waals surface area contributed by atoms with Crippen LogP contribution in [0.2, 0.25) is 0 Å². The minimum Gasteiger partial charge on any atom is -0.445 e. The first kappa shape index (κ1) is 19.1. The first-order valence-electron chi connectivity index (χ1n) is 10.8. The molecule has 1 saturated carbocycles. The zero-order chi connectivity index (χ0) is 20.5. The van der Waals surface area contributed by atoms with Gasteiger partial charge in [0.1, 0.15) is 6.61 Å². The number of carbonyl (C=O) groups is 1. The molecular formula is C24H27N3O3. The largest absolute Gasteiger partial charge is 0.445 e. The van der Waals surface area contributed by atoms with Gasteiger partial charge in [0.15, 0.2) is 0 Å². The van der Waals surface area contributed by atoms with Gasteiger partial charge in [-0.25, -0.2) is 9.78 Å². The van der Waals surface area contributed by atoms with Crippen molar-refractivity contribution in [1.82, 2.24) is 14.3 Å². The van der Waals surface area contributed by atoms with Crippen LogP contribution in [0.5, 0.6) is 0 Å². The number of amides is 1. The second-order valence-electron chi connectivity index (χ2n) is 8.48. The lowest BCUT2D eigenvalue weighted by molar-refractivity contribution is 0.0372. The van der Waals surface area contributed by atoms with E-state index in [9.17, 15) is 9.90 Å². The molecule has 0 bridgehead atoms. The van der Waals surface area contributed by atoms with Crippen molar-refractivity contribution in [3.8, 4) is 0 Å². The lowest BCUT2D eigenvalue weighted by Gasteiger charge is -2.35. The fraction of sp³-hybridized carbons (Fsp3) is 0.417. The van der Waals surface area contributed by atoms with Gasteiger partial charge in [-0.05, 0) is 48.8 Å².